The van der Waals surface area contributed by atoms with Gasteiger partial charge >= 0.3 is 6.11 Å². The van der Waals surface area contributed by atoms with Crippen LogP contribution in [0.15, 0.2) is 97.1 Å². The van der Waals surface area contributed by atoms with Gasteiger partial charge in [0.05, 0.1) is 5.56 Å². The van der Waals surface area contributed by atoms with E-state index >= 15 is 0 Å². The number of hydrogen-bond acceptors (Lipinski definition) is 1. The molecule has 0 saturated carbocycles. The van der Waals surface area contributed by atoms with E-state index in [2.05, 4.69) is 4.74 Å². The molecule has 0 aliphatic heterocycles. The summed E-state index contributed by atoms with van der Waals surface area (Å²) >= 11 is 0. The molecule has 0 N–H and O–H groups in total. The maximum Gasteiger partial charge on any atom is 0.432 e. The second-order valence-corrected chi connectivity index (χ2v) is 11.4. The molecule has 13 heteroatoms. The Hall–Kier alpha value is -5.72. The van der Waals surface area contributed by atoms with Crippen LogP contribution in [-0.2, 0) is 6.11 Å². The molecule has 0 aromatic heterocycles. The highest BCUT2D eigenvalue weighted by molar-refractivity contribution is 5.72. The molecule has 0 aliphatic rings. The first kappa shape index (κ1) is 37.5. The van der Waals surface area contributed by atoms with Gasteiger partial charge in [0.1, 0.15) is 34.6 Å². The molecule has 0 fully saturated rings. The first-order valence-corrected chi connectivity index (χ1v) is 14.9. The Morgan fingerprint density at radius 1 is 0.385 bits per heavy atom. The molecule has 0 atom stereocenters. The molecule has 0 heterocycles. The van der Waals surface area contributed by atoms with Crippen LogP contribution in [0.25, 0.3) is 33.4 Å². The Balaban J connectivity index is 0.000000203. The molecule has 52 heavy (non-hydrogen) atoms. The second-order valence-electron chi connectivity index (χ2n) is 11.4. The lowest BCUT2D eigenvalue weighted by atomic mass is 9.98. The van der Waals surface area contributed by atoms with Crippen LogP contribution in [0, 0.1) is 72.0 Å². The lowest BCUT2D eigenvalue weighted by Crippen LogP contribution is -2.25. The number of ether oxygens (including phenoxy) is 1. The molecule has 6 rings (SSSR count). The molecule has 1 nitrogen and oxygen atoms in total. The molecule has 6 aromatic carbocycles. The quantitative estimate of drug-likeness (QED) is 0.122. The van der Waals surface area contributed by atoms with Crippen LogP contribution in [0.3, 0.4) is 0 Å². The average Bonchev–Trinajstić information content (AvgIpc) is 3.06. The number of benzene rings is 6. The van der Waals surface area contributed by atoms with Gasteiger partial charge in [-0.25, -0.2) is 43.9 Å². The van der Waals surface area contributed by atoms with E-state index < -0.39 is 86.7 Å². The largest absolute Gasteiger partial charge is 0.432 e. The molecule has 0 spiro atoms. The normalized spacial score (nSPS) is 11.3. The molecular formula is C39H22F12O. The lowest BCUT2D eigenvalue weighted by Gasteiger charge is -2.20. The van der Waals surface area contributed by atoms with Crippen LogP contribution in [-0.4, -0.2) is 0 Å². The molecule has 0 unspecified atom stereocenters. The SMILES string of the molecule is Cc1ccc(-c2cc(F)c(-c3cc(F)c(F)c(F)c3)c(F)c2)cc1.Cc1ccc(-c2cc(F)c(C(F)(F)Oc3cc(F)c(F)c(F)c3)c(F)c2)cc1. The van der Waals surface area contributed by atoms with Gasteiger partial charge in [-0.3, -0.25) is 0 Å². The van der Waals surface area contributed by atoms with Crippen molar-refractivity contribution in [2.45, 2.75) is 20.0 Å². The van der Waals surface area contributed by atoms with Gasteiger partial charge in [-0.15, -0.1) is 0 Å². The minimum absolute atomic E-state index is 0.00780. The van der Waals surface area contributed by atoms with E-state index in [9.17, 15) is 52.7 Å². The van der Waals surface area contributed by atoms with E-state index in [0.717, 1.165) is 23.3 Å². The Kier molecular flexibility index (Phi) is 10.7. The fourth-order valence-electron chi connectivity index (χ4n) is 5.02. The van der Waals surface area contributed by atoms with E-state index in [0.29, 0.717) is 35.4 Å². The summed E-state index contributed by atoms with van der Waals surface area (Å²) in [5, 5.41) is 0. The Morgan fingerprint density at radius 2 is 0.712 bits per heavy atom. The number of halogens is 12. The van der Waals surface area contributed by atoms with Crippen molar-refractivity contribution < 1.29 is 57.4 Å². The van der Waals surface area contributed by atoms with Crippen LogP contribution >= 0.6 is 0 Å². The number of alkyl halides is 2. The minimum atomic E-state index is -4.61. The fourth-order valence-corrected chi connectivity index (χ4v) is 5.02. The standard InChI is InChI=1S/C20H11F7O.C19H11F5/c1-10-2-4-11(5-3-10)12-6-14(21)18(15(22)7-12)20(26,27)28-13-8-16(23)19(25)17(24)9-13;1-10-2-4-11(5-3-10)12-6-14(20)18(15(21)7-12)13-8-16(22)19(24)17(23)9-13/h2-9H,1H3;2-9H,1H3. The predicted molar refractivity (Wildman–Crippen MR) is 169 cm³/mol. The van der Waals surface area contributed by atoms with Crippen molar-refractivity contribution in [3.05, 3.63) is 172 Å². The van der Waals surface area contributed by atoms with E-state index in [1.165, 1.54) is 0 Å². The maximum absolute atomic E-state index is 14.3. The highest BCUT2D eigenvalue weighted by Gasteiger charge is 2.41. The van der Waals surface area contributed by atoms with E-state index in [4.69, 9.17) is 0 Å². The summed E-state index contributed by atoms with van der Waals surface area (Å²) in [5.41, 5.74) is 0.413. The van der Waals surface area contributed by atoms with Crippen LogP contribution < -0.4 is 4.74 Å². The maximum atomic E-state index is 14.3. The minimum Gasteiger partial charge on any atom is -0.429 e. The highest BCUT2D eigenvalue weighted by atomic mass is 19.3. The molecular weight excluding hydrogens is 712 g/mol. The third-order valence-corrected chi connectivity index (χ3v) is 7.62. The van der Waals surface area contributed by atoms with Crippen molar-refractivity contribution >= 4 is 0 Å². The second kappa shape index (κ2) is 14.9. The summed E-state index contributed by atoms with van der Waals surface area (Å²) < 4.78 is 169. The molecule has 0 radical (unpaired) electrons. The van der Waals surface area contributed by atoms with Crippen molar-refractivity contribution in [3.63, 3.8) is 0 Å². The topological polar surface area (TPSA) is 9.23 Å². The van der Waals surface area contributed by atoms with Gasteiger partial charge in [-0.05, 0) is 78.1 Å². The zero-order valence-electron chi connectivity index (χ0n) is 26.7. The molecule has 268 valence electrons. The Labute approximate surface area is 288 Å². The van der Waals surface area contributed by atoms with Gasteiger partial charge in [-0.2, -0.15) is 8.78 Å². The van der Waals surface area contributed by atoms with E-state index in [1.54, 1.807) is 55.5 Å². The van der Waals surface area contributed by atoms with Crippen LogP contribution in [0.5, 0.6) is 5.75 Å². The van der Waals surface area contributed by atoms with Gasteiger partial charge in [-0.1, -0.05) is 59.7 Å². The summed E-state index contributed by atoms with van der Waals surface area (Å²) in [6.07, 6.45) is -4.61. The van der Waals surface area contributed by atoms with E-state index in [-0.39, 0.29) is 23.3 Å². The summed E-state index contributed by atoms with van der Waals surface area (Å²) in [6, 6.07) is 18.4. The van der Waals surface area contributed by atoms with Gasteiger partial charge in [0.2, 0.25) is 0 Å². The summed E-state index contributed by atoms with van der Waals surface area (Å²) in [6.45, 7) is 3.68. The number of rotatable bonds is 6. The molecule has 0 saturated heterocycles. The first-order valence-electron chi connectivity index (χ1n) is 14.9. The molecule has 0 amide bonds. The van der Waals surface area contributed by atoms with Crippen molar-refractivity contribution in [2.24, 2.45) is 0 Å². The van der Waals surface area contributed by atoms with Crippen LogP contribution in [0.1, 0.15) is 16.7 Å². The van der Waals surface area contributed by atoms with Crippen molar-refractivity contribution in [2.75, 3.05) is 0 Å². The smallest absolute Gasteiger partial charge is 0.429 e. The molecule has 0 bridgehead atoms. The zero-order chi connectivity index (χ0) is 38.1. The monoisotopic (exact) mass is 734 g/mol. The third kappa shape index (κ3) is 8.09. The first-order chi connectivity index (χ1) is 24.4. The average molecular weight is 735 g/mol. The van der Waals surface area contributed by atoms with Crippen molar-refractivity contribution in [3.8, 4) is 39.1 Å². The van der Waals surface area contributed by atoms with Gasteiger partial charge in [0.25, 0.3) is 0 Å². The third-order valence-electron chi connectivity index (χ3n) is 7.62. The van der Waals surface area contributed by atoms with Gasteiger partial charge in [0.15, 0.2) is 34.9 Å². The number of aryl methyl sites for hydroxylation is 2. The van der Waals surface area contributed by atoms with Crippen LogP contribution in [0.4, 0.5) is 52.7 Å². The zero-order valence-corrected chi connectivity index (χ0v) is 26.7. The van der Waals surface area contributed by atoms with Gasteiger partial charge in [0, 0.05) is 12.1 Å². The summed E-state index contributed by atoms with van der Waals surface area (Å²) in [7, 11) is 0. The summed E-state index contributed by atoms with van der Waals surface area (Å²) in [5.74, 6) is -16.5. The molecule has 0 aliphatic carbocycles. The van der Waals surface area contributed by atoms with Crippen LogP contribution in [0.2, 0.25) is 0 Å². The molecule has 6 aromatic rings. The van der Waals surface area contributed by atoms with Crippen molar-refractivity contribution in [1.82, 2.24) is 0 Å². The Bertz CT molecular complexity index is 2170. The highest BCUT2D eigenvalue weighted by Crippen LogP contribution is 2.38. The number of hydrogen-bond donors (Lipinski definition) is 0. The van der Waals surface area contributed by atoms with E-state index in [1.807, 2.05) is 6.92 Å². The predicted octanol–water partition coefficient (Wildman–Crippen LogP) is 12.5. The summed E-state index contributed by atoms with van der Waals surface area (Å²) in [4.78, 5) is 0. The Morgan fingerprint density at radius 3 is 1.10 bits per heavy atom. The van der Waals surface area contributed by atoms with Gasteiger partial charge < -0.3 is 4.74 Å². The lowest BCUT2D eigenvalue weighted by molar-refractivity contribution is -0.189. The fraction of sp³-hybridized carbons (Fsp3) is 0.0769. The van der Waals surface area contributed by atoms with Crippen molar-refractivity contribution in [1.29, 1.82) is 0 Å².